The van der Waals surface area contributed by atoms with Crippen LogP contribution in [0, 0.1) is 0 Å². The molecule has 1 saturated heterocycles. The second-order valence-electron chi connectivity index (χ2n) is 6.73. The van der Waals surface area contributed by atoms with Crippen LogP contribution >= 0.6 is 11.6 Å². The lowest BCUT2D eigenvalue weighted by Gasteiger charge is -2.32. The summed E-state index contributed by atoms with van der Waals surface area (Å²) >= 11 is 6.34. The Hall–Kier alpha value is -1.01. The van der Waals surface area contributed by atoms with Crippen molar-refractivity contribution < 1.29 is 14.0 Å². The minimum Gasteiger partial charge on any atom is -0.497 e. The molecule has 2 rings (SSSR count). The first-order chi connectivity index (χ1) is 10.7. The number of hydrogen-bond acceptors (Lipinski definition) is 4. The van der Waals surface area contributed by atoms with Crippen LogP contribution in [0.15, 0.2) is 23.7 Å². The fourth-order valence-corrected chi connectivity index (χ4v) is 2.58. The summed E-state index contributed by atoms with van der Waals surface area (Å²) in [5.74, 6) is 0.734. The van der Waals surface area contributed by atoms with E-state index in [-0.39, 0.29) is 11.2 Å². The molecule has 6 heteroatoms. The molecule has 0 atom stereocenters. The SMILES string of the molecule is CNCC(=Cc1ccc(OC)cc1Cl)B1OC(C)(C)C(C)(C)O1. The lowest BCUT2D eigenvalue weighted by atomic mass is 9.77. The molecule has 126 valence electrons. The Labute approximate surface area is 144 Å². The average Bonchev–Trinajstić information content (AvgIpc) is 2.68. The van der Waals surface area contributed by atoms with Gasteiger partial charge in [0.15, 0.2) is 0 Å². The van der Waals surface area contributed by atoms with Gasteiger partial charge in [-0.05, 0) is 64.0 Å². The van der Waals surface area contributed by atoms with Crippen molar-refractivity contribution in [1.82, 2.24) is 5.32 Å². The van der Waals surface area contributed by atoms with Gasteiger partial charge >= 0.3 is 7.12 Å². The quantitative estimate of drug-likeness (QED) is 0.834. The second kappa shape index (κ2) is 6.85. The first-order valence-corrected chi connectivity index (χ1v) is 8.12. The van der Waals surface area contributed by atoms with E-state index in [1.54, 1.807) is 13.2 Å². The molecule has 1 heterocycles. The molecule has 1 aliphatic heterocycles. The number of benzene rings is 1. The Morgan fingerprint density at radius 2 is 1.87 bits per heavy atom. The average molecular weight is 338 g/mol. The number of halogens is 1. The van der Waals surface area contributed by atoms with Crippen molar-refractivity contribution in [3.8, 4) is 5.75 Å². The van der Waals surface area contributed by atoms with E-state index < -0.39 is 7.12 Å². The van der Waals surface area contributed by atoms with Crippen LogP contribution in [0.25, 0.3) is 6.08 Å². The molecule has 4 nitrogen and oxygen atoms in total. The second-order valence-corrected chi connectivity index (χ2v) is 7.13. The van der Waals surface area contributed by atoms with Crippen LogP contribution in [0.2, 0.25) is 5.02 Å². The van der Waals surface area contributed by atoms with Gasteiger partial charge < -0.3 is 19.4 Å². The molecule has 1 aliphatic rings. The summed E-state index contributed by atoms with van der Waals surface area (Å²) in [4.78, 5) is 0. The van der Waals surface area contributed by atoms with Crippen LogP contribution in [-0.2, 0) is 9.31 Å². The van der Waals surface area contributed by atoms with E-state index in [2.05, 4.69) is 5.32 Å². The molecular formula is C17H25BClNO3. The highest BCUT2D eigenvalue weighted by atomic mass is 35.5. The van der Waals surface area contributed by atoms with Crippen molar-refractivity contribution in [3.63, 3.8) is 0 Å². The Bertz CT molecular complexity index is 586. The van der Waals surface area contributed by atoms with Crippen LogP contribution in [0.1, 0.15) is 33.3 Å². The molecule has 23 heavy (non-hydrogen) atoms. The lowest BCUT2D eigenvalue weighted by molar-refractivity contribution is 0.00578. The molecule has 0 aromatic heterocycles. The van der Waals surface area contributed by atoms with Crippen molar-refractivity contribution >= 4 is 24.8 Å². The molecule has 0 aliphatic carbocycles. The number of rotatable bonds is 5. The smallest absolute Gasteiger partial charge is 0.491 e. The van der Waals surface area contributed by atoms with Gasteiger partial charge in [0.25, 0.3) is 0 Å². The third-order valence-corrected chi connectivity index (χ3v) is 4.81. The predicted octanol–water partition coefficient (Wildman–Crippen LogP) is 3.58. The number of methoxy groups -OCH3 is 1. The molecule has 0 spiro atoms. The number of nitrogens with one attached hydrogen (secondary N) is 1. The largest absolute Gasteiger partial charge is 0.497 e. The number of likely N-dealkylation sites (N-methyl/N-ethyl adjacent to an activating group) is 1. The Balaban J connectivity index is 2.32. The van der Waals surface area contributed by atoms with Crippen molar-refractivity contribution in [2.45, 2.75) is 38.9 Å². The van der Waals surface area contributed by atoms with Gasteiger partial charge in [-0.1, -0.05) is 17.7 Å². The van der Waals surface area contributed by atoms with E-state index in [1.165, 1.54) is 0 Å². The summed E-state index contributed by atoms with van der Waals surface area (Å²) in [5.41, 5.74) is 1.17. The van der Waals surface area contributed by atoms with Crippen LogP contribution in [0.3, 0.4) is 0 Å². The summed E-state index contributed by atoms with van der Waals surface area (Å²) in [6.45, 7) is 8.84. The Kier molecular flexibility index (Phi) is 5.46. The van der Waals surface area contributed by atoms with Gasteiger partial charge in [-0.15, -0.1) is 0 Å². The minimum absolute atomic E-state index is 0.367. The minimum atomic E-state index is -0.398. The predicted molar refractivity (Wildman–Crippen MR) is 96.0 cm³/mol. The van der Waals surface area contributed by atoms with Gasteiger partial charge in [-0.25, -0.2) is 0 Å². The Morgan fingerprint density at radius 3 is 2.35 bits per heavy atom. The Morgan fingerprint density at radius 1 is 1.26 bits per heavy atom. The van der Waals surface area contributed by atoms with Gasteiger partial charge in [0.2, 0.25) is 0 Å². The van der Waals surface area contributed by atoms with E-state index in [4.69, 9.17) is 25.6 Å². The summed E-state index contributed by atoms with van der Waals surface area (Å²) < 4.78 is 17.5. The van der Waals surface area contributed by atoms with Crippen molar-refractivity contribution in [2.24, 2.45) is 0 Å². The molecule has 1 fully saturated rings. The molecule has 1 aromatic rings. The summed E-state index contributed by atoms with van der Waals surface area (Å²) in [6.07, 6.45) is 2.01. The molecule has 0 unspecified atom stereocenters. The topological polar surface area (TPSA) is 39.7 Å². The highest BCUT2D eigenvalue weighted by Gasteiger charge is 2.52. The number of ether oxygens (including phenoxy) is 1. The van der Waals surface area contributed by atoms with Crippen LogP contribution in [0.5, 0.6) is 5.75 Å². The summed E-state index contributed by atoms with van der Waals surface area (Å²) in [5, 5.41) is 3.80. The highest BCUT2D eigenvalue weighted by Crippen LogP contribution is 2.39. The molecule has 0 saturated carbocycles. The van der Waals surface area contributed by atoms with E-state index in [0.29, 0.717) is 11.6 Å². The number of hydrogen-bond donors (Lipinski definition) is 1. The summed E-state index contributed by atoms with van der Waals surface area (Å²) in [7, 11) is 3.12. The van der Waals surface area contributed by atoms with Crippen LogP contribution < -0.4 is 10.1 Å². The maximum Gasteiger partial charge on any atom is 0.491 e. The zero-order valence-corrected chi connectivity index (χ0v) is 15.5. The maximum atomic E-state index is 6.34. The summed E-state index contributed by atoms with van der Waals surface area (Å²) in [6, 6.07) is 5.62. The normalized spacial score (nSPS) is 20.0. The third-order valence-electron chi connectivity index (χ3n) is 4.49. The zero-order valence-electron chi connectivity index (χ0n) is 14.7. The van der Waals surface area contributed by atoms with Gasteiger partial charge in [-0.2, -0.15) is 0 Å². The lowest BCUT2D eigenvalue weighted by Crippen LogP contribution is -2.41. The van der Waals surface area contributed by atoms with Crippen molar-refractivity contribution in [2.75, 3.05) is 20.7 Å². The molecule has 1 aromatic carbocycles. The van der Waals surface area contributed by atoms with Crippen LogP contribution in [0.4, 0.5) is 0 Å². The van der Waals surface area contributed by atoms with Gasteiger partial charge in [-0.3, -0.25) is 0 Å². The van der Waals surface area contributed by atoms with Gasteiger partial charge in [0.05, 0.1) is 23.3 Å². The monoisotopic (exact) mass is 337 g/mol. The zero-order chi connectivity index (χ0) is 17.3. The first-order valence-electron chi connectivity index (χ1n) is 7.74. The van der Waals surface area contributed by atoms with Gasteiger partial charge in [0, 0.05) is 6.54 Å². The van der Waals surface area contributed by atoms with E-state index >= 15 is 0 Å². The van der Waals surface area contributed by atoms with E-state index in [1.807, 2.05) is 53.0 Å². The van der Waals surface area contributed by atoms with Crippen LogP contribution in [-0.4, -0.2) is 39.0 Å². The van der Waals surface area contributed by atoms with E-state index in [9.17, 15) is 0 Å². The standard InChI is InChI=1S/C17H25BClNO3/c1-16(2)17(3,4)23-18(22-16)13(11-20-5)9-12-7-8-14(21-6)10-15(12)19/h7-10,20H,11H2,1-6H3. The van der Waals surface area contributed by atoms with E-state index in [0.717, 1.165) is 16.8 Å². The molecule has 1 N–H and O–H groups in total. The molecular weight excluding hydrogens is 312 g/mol. The van der Waals surface area contributed by atoms with Gasteiger partial charge in [0.1, 0.15) is 5.75 Å². The molecule has 0 amide bonds. The van der Waals surface area contributed by atoms with Crippen molar-refractivity contribution in [1.29, 1.82) is 0 Å². The fourth-order valence-electron chi connectivity index (χ4n) is 2.35. The molecule has 0 radical (unpaired) electrons. The van der Waals surface area contributed by atoms with Crippen molar-refractivity contribution in [3.05, 3.63) is 34.3 Å². The maximum absolute atomic E-state index is 6.34. The highest BCUT2D eigenvalue weighted by molar-refractivity contribution is 6.56. The third kappa shape index (κ3) is 3.91. The first kappa shape index (κ1) is 18.3. The molecule has 0 bridgehead atoms. The fraction of sp³-hybridized carbons (Fsp3) is 0.529.